The van der Waals surface area contributed by atoms with Crippen LogP contribution < -0.4 is 20.9 Å². The molecule has 0 atom stereocenters. The van der Waals surface area contributed by atoms with Gasteiger partial charge in [-0.2, -0.15) is 0 Å². The fraction of sp³-hybridized carbons (Fsp3) is 0.276. The Balaban J connectivity index is 1.54. The maximum atomic E-state index is 13.4. The molecule has 1 heterocycles. The van der Waals surface area contributed by atoms with Gasteiger partial charge in [-0.05, 0) is 61.9 Å². The van der Waals surface area contributed by atoms with E-state index in [1.54, 1.807) is 59.5 Å². The van der Waals surface area contributed by atoms with Crippen molar-refractivity contribution < 1.29 is 18.8 Å². The molecule has 4 amide bonds. The maximum Gasteiger partial charge on any atom is 0.317 e. The van der Waals surface area contributed by atoms with Crippen molar-refractivity contribution in [3.63, 3.8) is 0 Å². The van der Waals surface area contributed by atoms with Gasteiger partial charge in [-0.3, -0.25) is 9.59 Å². The van der Waals surface area contributed by atoms with Crippen LogP contribution in [-0.4, -0.2) is 55.0 Å². The summed E-state index contributed by atoms with van der Waals surface area (Å²) in [6.45, 7) is 6.11. The van der Waals surface area contributed by atoms with E-state index < -0.39 is 5.91 Å². The second-order valence-electron chi connectivity index (χ2n) is 9.55. The van der Waals surface area contributed by atoms with Crippen molar-refractivity contribution in [2.45, 2.75) is 26.4 Å². The number of hydrogen-bond acceptors (Lipinski definition) is 4. The molecule has 8 nitrogen and oxygen atoms in total. The molecule has 0 spiro atoms. The number of rotatable bonds is 7. The Morgan fingerprint density at radius 2 is 1.59 bits per heavy atom. The number of piperazine rings is 1. The van der Waals surface area contributed by atoms with Crippen LogP contribution in [0.3, 0.4) is 0 Å². The van der Waals surface area contributed by atoms with E-state index in [0.717, 1.165) is 5.56 Å². The zero-order valence-corrected chi connectivity index (χ0v) is 22.6. The summed E-state index contributed by atoms with van der Waals surface area (Å²) in [5.74, 6) is -1.09. The number of nitrogens with zero attached hydrogens (tertiary/aromatic N) is 2. The monoisotopic (exact) mass is 551 g/mol. The number of halogens is 2. The topological polar surface area (TPSA) is 93.8 Å². The van der Waals surface area contributed by atoms with Gasteiger partial charge < -0.3 is 25.8 Å². The smallest absolute Gasteiger partial charge is 0.317 e. The molecule has 0 saturated carbocycles. The number of hydrogen-bond donors (Lipinski definition) is 3. The number of nitrogens with one attached hydrogen (secondary N) is 3. The summed E-state index contributed by atoms with van der Waals surface area (Å²) in [6, 6.07) is 17.7. The molecule has 3 aromatic rings. The van der Waals surface area contributed by atoms with Gasteiger partial charge in [0.25, 0.3) is 11.8 Å². The van der Waals surface area contributed by atoms with E-state index in [0.29, 0.717) is 53.7 Å². The van der Waals surface area contributed by atoms with Crippen LogP contribution >= 0.6 is 11.6 Å². The van der Waals surface area contributed by atoms with Gasteiger partial charge in [0.2, 0.25) is 0 Å². The zero-order chi connectivity index (χ0) is 27.9. The first-order valence-corrected chi connectivity index (χ1v) is 13.1. The molecule has 204 valence electrons. The molecule has 0 aromatic heterocycles. The standard InChI is InChI=1S/C29H31ClFN5O3/c1-19(2)33-29(39)36-15-13-35(14-16-36)26-12-11-22(34-28(38)23-5-3-4-6-25(23)30)17-24(26)27(37)32-18-20-7-9-21(31)10-8-20/h3-12,17,19H,13-16,18H2,1-2H3,(H,32,37)(H,33,39)(H,34,38). The van der Waals surface area contributed by atoms with Crippen LogP contribution in [0.1, 0.15) is 40.1 Å². The first-order valence-electron chi connectivity index (χ1n) is 12.7. The van der Waals surface area contributed by atoms with Gasteiger partial charge in [-0.1, -0.05) is 35.9 Å². The van der Waals surface area contributed by atoms with Crippen LogP contribution in [0, 0.1) is 5.82 Å². The predicted octanol–water partition coefficient (Wildman–Crippen LogP) is 4.90. The highest BCUT2D eigenvalue weighted by Gasteiger charge is 2.25. The number of carbonyl (C=O) groups is 3. The van der Waals surface area contributed by atoms with E-state index in [4.69, 9.17) is 11.6 Å². The lowest BCUT2D eigenvalue weighted by atomic mass is 10.1. The van der Waals surface area contributed by atoms with Crippen molar-refractivity contribution in [2.24, 2.45) is 0 Å². The van der Waals surface area contributed by atoms with Crippen LogP contribution in [0.15, 0.2) is 66.7 Å². The number of benzene rings is 3. The third-order valence-electron chi connectivity index (χ3n) is 6.30. The highest BCUT2D eigenvalue weighted by molar-refractivity contribution is 6.34. The molecule has 1 saturated heterocycles. The minimum Gasteiger partial charge on any atom is -0.367 e. The van der Waals surface area contributed by atoms with Gasteiger partial charge in [-0.15, -0.1) is 0 Å². The van der Waals surface area contributed by atoms with Crippen LogP contribution in [0.5, 0.6) is 0 Å². The van der Waals surface area contributed by atoms with Crippen molar-refractivity contribution in [2.75, 3.05) is 36.4 Å². The van der Waals surface area contributed by atoms with Crippen LogP contribution in [-0.2, 0) is 6.54 Å². The number of carbonyl (C=O) groups excluding carboxylic acids is 3. The van der Waals surface area contributed by atoms with E-state index in [1.165, 1.54) is 12.1 Å². The molecule has 0 unspecified atom stereocenters. The Morgan fingerprint density at radius 3 is 2.26 bits per heavy atom. The van der Waals surface area contributed by atoms with E-state index in [-0.39, 0.29) is 30.3 Å². The molecule has 0 radical (unpaired) electrons. The van der Waals surface area contributed by atoms with Crippen molar-refractivity contribution in [1.82, 2.24) is 15.5 Å². The van der Waals surface area contributed by atoms with Crippen LogP contribution in [0.25, 0.3) is 0 Å². The highest BCUT2D eigenvalue weighted by Crippen LogP contribution is 2.27. The van der Waals surface area contributed by atoms with Crippen LogP contribution in [0.4, 0.5) is 20.6 Å². The molecule has 3 N–H and O–H groups in total. The van der Waals surface area contributed by atoms with Gasteiger partial charge in [0.05, 0.1) is 16.1 Å². The molecule has 3 aromatic carbocycles. The first kappa shape index (κ1) is 27.9. The van der Waals surface area contributed by atoms with E-state index >= 15 is 0 Å². The van der Waals surface area contributed by atoms with Crippen molar-refractivity contribution in [3.8, 4) is 0 Å². The van der Waals surface area contributed by atoms with E-state index in [9.17, 15) is 18.8 Å². The minimum absolute atomic E-state index is 0.0421. The summed E-state index contributed by atoms with van der Waals surface area (Å²) in [5, 5.41) is 8.94. The summed E-state index contributed by atoms with van der Waals surface area (Å²) in [7, 11) is 0. The third kappa shape index (κ3) is 7.26. The molecule has 4 rings (SSSR count). The normalized spacial score (nSPS) is 13.3. The van der Waals surface area contributed by atoms with E-state index in [2.05, 4.69) is 16.0 Å². The zero-order valence-electron chi connectivity index (χ0n) is 21.8. The summed E-state index contributed by atoms with van der Waals surface area (Å²) < 4.78 is 13.3. The average molecular weight is 552 g/mol. The molecule has 1 fully saturated rings. The Labute approximate surface area is 232 Å². The quantitative estimate of drug-likeness (QED) is 0.389. The third-order valence-corrected chi connectivity index (χ3v) is 6.63. The van der Waals surface area contributed by atoms with Gasteiger partial charge in [0.15, 0.2) is 0 Å². The number of amides is 4. The van der Waals surface area contributed by atoms with Crippen molar-refractivity contribution in [1.29, 1.82) is 0 Å². The van der Waals surface area contributed by atoms with Gasteiger partial charge in [0.1, 0.15) is 5.82 Å². The molecule has 0 bridgehead atoms. The number of anilines is 2. The summed E-state index contributed by atoms with van der Waals surface area (Å²) in [6.07, 6.45) is 0. The van der Waals surface area contributed by atoms with Gasteiger partial charge in [-0.25, -0.2) is 9.18 Å². The fourth-order valence-electron chi connectivity index (χ4n) is 4.28. The summed E-state index contributed by atoms with van der Waals surface area (Å²) in [5.41, 5.74) is 2.56. The SMILES string of the molecule is CC(C)NC(=O)N1CCN(c2ccc(NC(=O)c3ccccc3Cl)cc2C(=O)NCc2ccc(F)cc2)CC1. The summed E-state index contributed by atoms with van der Waals surface area (Å²) in [4.78, 5) is 42.4. The molecule has 10 heteroatoms. The van der Waals surface area contributed by atoms with Gasteiger partial charge >= 0.3 is 6.03 Å². The summed E-state index contributed by atoms with van der Waals surface area (Å²) >= 11 is 6.18. The van der Waals surface area contributed by atoms with E-state index in [1.807, 2.05) is 18.7 Å². The molecule has 0 aliphatic carbocycles. The molecular formula is C29H31ClFN5O3. The molecule has 39 heavy (non-hydrogen) atoms. The lowest BCUT2D eigenvalue weighted by molar-refractivity contribution is 0.0949. The predicted molar refractivity (Wildman–Crippen MR) is 151 cm³/mol. The minimum atomic E-state index is -0.393. The second kappa shape index (κ2) is 12.6. The highest BCUT2D eigenvalue weighted by atomic mass is 35.5. The molecule has 1 aliphatic rings. The lowest BCUT2D eigenvalue weighted by Crippen LogP contribution is -2.53. The Bertz CT molecular complexity index is 1340. The van der Waals surface area contributed by atoms with Crippen molar-refractivity contribution in [3.05, 3.63) is 94.3 Å². The molecule has 1 aliphatic heterocycles. The number of urea groups is 1. The van der Waals surface area contributed by atoms with Crippen molar-refractivity contribution >= 4 is 40.8 Å². The molecular weight excluding hydrogens is 521 g/mol. The first-order chi connectivity index (χ1) is 18.7. The Hall–Kier alpha value is -4.11. The van der Waals surface area contributed by atoms with Crippen LogP contribution in [0.2, 0.25) is 5.02 Å². The Kier molecular flexibility index (Phi) is 9.03. The lowest BCUT2D eigenvalue weighted by Gasteiger charge is -2.37. The Morgan fingerprint density at radius 1 is 0.897 bits per heavy atom. The maximum absolute atomic E-state index is 13.4. The largest absolute Gasteiger partial charge is 0.367 e. The fourth-order valence-corrected chi connectivity index (χ4v) is 4.51. The second-order valence-corrected chi connectivity index (χ2v) is 9.96. The van der Waals surface area contributed by atoms with Gasteiger partial charge in [0, 0.05) is 50.1 Å². The average Bonchev–Trinajstić information content (AvgIpc) is 2.92.